The summed E-state index contributed by atoms with van der Waals surface area (Å²) in [5, 5.41) is 0. The molecule has 5 aromatic rings. The maximum absolute atomic E-state index is 8.05. The minimum atomic E-state index is -2.07. The number of aryl methyl sites for hydroxylation is 1. The predicted molar refractivity (Wildman–Crippen MR) is 131 cm³/mol. The van der Waals surface area contributed by atoms with Crippen molar-refractivity contribution in [3.63, 3.8) is 0 Å². The van der Waals surface area contributed by atoms with E-state index in [2.05, 4.69) is 106 Å². The van der Waals surface area contributed by atoms with Crippen LogP contribution in [0.5, 0.6) is 0 Å². The van der Waals surface area contributed by atoms with Crippen LogP contribution in [0.3, 0.4) is 0 Å². The van der Waals surface area contributed by atoms with Gasteiger partial charge in [0.05, 0.1) is 11.1 Å². The van der Waals surface area contributed by atoms with Gasteiger partial charge in [0.15, 0.2) is 12.4 Å². The Bertz CT molecular complexity index is 1610. The number of pyridine rings is 2. The smallest absolute Gasteiger partial charge is 0.126 e. The molecule has 0 radical (unpaired) electrons. The summed E-state index contributed by atoms with van der Waals surface area (Å²) in [7, 11) is 0. The van der Waals surface area contributed by atoms with Gasteiger partial charge in [-0.25, -0.2) is 0 Å². The second-order valence-corrected chi connectivity index (χ2v) is 8.73. The van der Waals surface area contributed by atoms with Gasteiger partial charge in [-0.05, 0) is 47.9 Å². The number of nitrogens with zero attached hydrogens (tertiary/aromatic N) is 2. The fraction of sp³-hybridized carbons (Fsp3) is 0.0968. The van der Waals surface area contributed by atoms with Crippen molar-refractivity contribution in [2.45, 2.75) is 18.9 Å². The summed E-state index contributed by atoms with van der Waals surface area (Å²) in [4.78, 5) is 0. The van der Waals surface area contributed by atoms with Crippen LogP contribution in [-0.2, 0) is 12.1 Å². The van der Waals surface area contributed by atoms with E-state index in [1.54, 1.807) is 0 Å². The van der Waals surface area contributed by atoms with Gasteiger partial charge in [-0.1, -0.05) is 61.4 Å². The summed E-state index contributed by atoms with van der Waals surface area (Å²) in [5.74, 6) is 0. The molecule has 0 N–H and O–H groups in total. The third-order valence-electron chi connectivity index (χ3n) is 7.16. The summed E-state index contributed by atoms with van der Waals surface area (Å²) in [6.07, 6.45) is 4.35. The highest BCUT2D eigenvalue weighted by atomic mass is 15.3. The van der Waals surface area contributed by atoms with Gasteiger partial charge in [0.2, 0.25) is 11.4 Å². The molecule has 1 atom stereocenters. The fourth-order valence-corrected chi connectivity index (χ4v) is 5.84. The molecule has 0 saturated carbocycles. The van der Waals surface area contributed by atoms with Crippen molar-refractivity contribution in [2.24, 2.45) is 0 Å². The van der Waals surface area contributed by atoms with Crippen molar-refractivity contribution in [3.8, 4) is 33.6 Å². The Balaban J connectivity index is 1.63. The Morgan fingerprint density at radius 2 is 1.33 bits per heavy atom. The summed E-state index contributed by atoms with van der Waals surface area (Å²) >= 11 is 0. The Kier molecular flexibility index (Phi) is 3.20. The Labute approximate surface area is 198 Å². The Morgan fingerprint density at radius 3 is 2.09 bits per heavy atom. The molecule has 0 amide bonds. The Hall–Kier alpha value is -4.04. The lowest BCUT2D eigenvalue weighted by atomic mass is 9.90. The molecule has 1 spiro atoms. The minimum absolute atomic E-state index is 0.0144. The van der Waals surface area contributed by atoms with Crippen molar-refractivity contribution >= 4 is 0 Å². The molecule has 7 rings (SSSR count). The number of hydrogen-bond acceptors (Lipinski definition) is 0. The summed E-state index contributed by atoms with van der Waals surface area (Å²) in [5.41, 5.74) is 9.15. The first kappa shape index (κ1) is 15.7. The van der Waals surface area contributed by atoms with E-state index in [0.29, 0.717) is 0 Å². The first-order valence-electron chi connectivity index (χ1n) is 12.8. The lowest BCUT2D eigenvalue weighted by molar-refractivity contribution is -0.954. The summed E-state index contributed by atoms with van der Waals surface area (Å²) < 4.78 is 28.9. The van der Waals surface area contributed by atoms with Gasteiger partial charge >= 0.3 is 5.66 Å². The highest BCUT2D eigenvalue weighted by Gasteiger charge is 2.66. The van der Waals surface area contributed by atoms with Gasteiger partial charge in [0.25, 0.3) is 0 Å². The van der Waals surface area contributed by atoms with Crippen molar-refractivity contribution < 1.29 is 13.2 Å². The molecular weight excluding hydrogens is 400 g/mol. The maximum Gasteiger partial charge on any atom is 0.417 e. The van der Waals surface area contributed by atoms with Crippen LogP contribution in [0.15, 0.2) is 116 Å². The quantitative estimate of drug-likeness (QED) is 0.310. The maximum atomic E-state index is 8.05. The van der Waals surface area contributed by atoms with E-state index in [0.717, 1.165) is 33.6 Å². The standard InChI is InChI=1S/C31H24N2/c1-2-22-20-30-25-15-7-9-17-28(25)31(33(30)21-26(22)23-12-4-3-5-13-23)27-16-8-6-14-24(27)29-18-10-11-19-32(29)31/h3-21H,2H2,1H3/q+2/i1D3. The van der Waals surface area contributed by atoms with E-state index in [1.807, 2.05) is 18.2 Å². The van der Waals surface area contributed by atoms with Gasteiger partial charge in [-0.15, -0.1) is 9.13 Å². The van der Waals surface area contributed by atoms with E-state index >= 15 is 0 Å². The second kappa shape index (κ2) is 6.73. The zero-order valence-electron chi connectivity index (χ0n) is 21.1. The average Bonchev–Trinajstić information content (AvgIpc) is 3.35. The molecule has 33 heavy (non-hydrogen) atoms. The predicted octanol–water partition coefficient (Wildman–Crippen LogP) is 5.75. The van der Waals surface area contributed by atoms with Gasteiger partial charge in [0.1, 0.15) is 11.1 Å². The number of fused-ring (bicyclic) bond motifs is 10. The van der Waals surface area contributed by atoms with Crippen LogP contribution in [0.1, 0.15) is 27.7 Å². The van der Waals surface area contributed by atoms with Crippen LogP contribution in [-0.4, -0.2) is 0 Å². The third-order valence-corrected chi connectivity index (χ3v) is 7.16. The van der Waals surface area contributed by atoms with E-state index in [1.165, 1.54) is 16.7 Å². The first-order valence-corrected chi connectivity index (χ1v) is 11.3. The monoisotopic (exact) mass is 427 g/mol. The first-order chi connectivity index (χ1) is 17.5. The van der Waals surface area contributed by atoms with Crippen LogP contribution < -0.4 is 9.13 Å². The van der Waals surface area contributed by atoms with Crippen molar-refractivity contribution in [2.75, 3.05) is 0 Å². The van der Waals surface area contributed by atoms with Gasteiger partial charge in [0, 0.05) is 27.9 Å². The van der Waals surface area contributed by atoms with Gasteiger partial charge in [-0.3, -0.25) is 0 Å². The number of benzene rings is 3. The molecule has 1 unspecified atom stereocenters. The topological polar surface area (TPSA) is 7.76 Å². The molecule has 4 heterocycles. The molecule has 0 saturated heterocycles. The van der Waals surface area contributed by atoms with E-state index < -0.39 is 12.5 Å². The molecule has 0 fully saturated rings. The molecule has 2 nitrogen and oxygen atoms in total. The fourth-order valence-electron chi connectivity index (χ4n) is 5.84. The molecule has 2 heteroatoms. The van der Waals surface area contributed by atoms with Gasteiger partial charge < -0.3 is 0 Å². The normalized spacial score (nSPS) is 18.6. The SMILES string of the molecule is [2H]C([2H])([2H])Cc1cc2[n+](cc1-c1ccccc1)C1(c3ccccc3-c3cccc[n+]31)c1ccccc1-2. The van der Waals surface area contributed by atoms with Crippen LogP contribution >= 0.6 is 0 Å². The number of rotatable bonds is 2. The third kappa shape index (κ3) is 2.28. The van der Waals surface area contributed by atoms with Crippen molar-refractivity contribution in [1.82, 2.24) is 0 Å². The van der Waals surface area contributed by atoms with Crippen molar-refractivity contribution in [1.29, 1.82) is 0 Å². The zero-order chi connectivity index (χ0) is 24.5. The lowest BCUT2D eigenvalue weighted by Crippen LogP contribution is -2.71. The van der Waals surface area contributed by atoms with E-state index in [-0.39, 0.29) is 6.42 Å². The van der Waals surface area contributed by atoms with Crippen LogP contribution in [0, 0.1) is 0 Å². The molecule has 0 bridgehead atoms. The van der Waals surface area contributed by atoms with Crippen LogP contribution in [0.2, 0.25) is 0 Å². The molecule has 3 aromatic carbocycles. The molecule has 2 aliphatic heterocycles. The summed E-state index contributed by atoms with van der Waals surface area (Å²) in [6.45, 7) is -2.07. The average molecular weight is 428 g/mol. The van der Waals surface area contributed by atoms with E-state index in [9.17, 15) is 0 Å². The molecule has 0 aliphatic carbocycles. The highest BCUT2D eigenvalue weighted by molar-refractivity contribution is 5.76. The van der Waals surface area contributed by atoms with Crippen molar-refractivity contribution in [3.05, 3.63) is 132 Å². The second-order valence-electron chi connectivity index (χ2n) is 8.73. The Morgan fingerprint density at radius 1 is 0.667 bits per heavy atom. The molecule has 2 aliphatic rings. The zero-order valence-corrected chi connectivity index (χ0v) is 18.1. The molecular formula is C31H24N2+2. The molecule has 156 valence electrons. The number of hydrogen-bond donors (Lipinski definition) is 0. The number of aromatic nitrogens is 2. The van der Waals surface area contributed by atoms with Crippen LogP contribution in [0.4, 0.5) is 0 Å². The highest BCUT2D eigenvalue weighted by Crippen LogP contribution is 2.47. The van der Waals surface area contributed by atoms with E-state index in [4.69, 9.17) is 4.11 Å². The lowest BCUT2D eigenvalue weighted by Gasteiger charge is -2.18. The molecule has 2 aromatic heterocycles. The van der Waals surface area contributed by atoms with Gasteiger partial charge in [-0.2, -0.15) is 0 Å². The minimum Gasteiger partial charge on any atom is -0.126 e. The largest absolute Gasteiger partial charge is 0.417 e. The summed E-state index contributed by atoms with van der Waals surface area (Å²) in [6, 6.07) is 35.7. The van der Waals surface area contributed by atoms with Crippen LogP contribution in [0.25, 0.3) is 33.6 Å².